The lowest BCUT2D eigenvalue weighted by molar-refractivity contribution is 0.787. The highest BCUT2D eigenvalue weighted by molar-refractivity contribution is 6.30. The summed E-state index contributed by atoms with van der Waals surface area (Å²) in [5.41, 5.74) is 1.81. The number of hydrogen-bond acceptors (Lipinski definition) is 4. The molecule has 0 aliphatic rings. The summed E-state index contributed by atoms with van der Waals surface area (Å²) < 4.78 is 1.66. The lowest BCUT2D eigenvalue weighted by Gasteiger charge is -2.02. The summed E-state index contributed by atoms with van der Waals surface area (Å²) >= 11 is 5.93. The minimum atomic E-state index is 0.635. The van der Waals surface area contributed by atoms with Crippen LogP contribution in [0.4, 0.5) is 5.69 Å². The Balaban J connectivity index is 1.77. The maximum Gasteiger partial charge on any atom is 0.181 e. The first-order chi connectivity index (χ1) is 10.3. The monoisotopic (exact) mass is 297 g/mol. The summed E-state index contributed by atoms with van der Waals surface area (Å²) in [6, 6.07) is 17.2. The largest absolute Gasteiger partial charge is 0.362 e. The molecule has 0 saturated heterocycles. The van der Waals surface area contributed by atoms with Gasteiger partial charge in [0.25, 0.3) is 0 Å². The molecule has 0 fully saturated rings. The molecule has 0 atom stereocenters. The van der Waals surface area contributed by atoms with Crippen LogP contribution in [0.5, 0.6) is 0 Å². The molecule has 0 aliphatic heterocycles. The molecule has 0 aliphatic carbocycles. The summed E-state index contributed by atoms with van der Waals surface area (Å²) in [4.78, 5) is 0. The van der Waals surface area contributed by atoms with E-state index in [1.165, 1.54) is 0 Å². The van der Waals surface area contributed by atoms with Gasteiger partial charge in [0.15, 0.2) is 5.82 Å². The van der Waals surface area contributed by atoms with Crippen LogP contribution < -0.4 is 5.32 Å². The first-order valence-electron chi connectivity index (χ1n) is 6.35. The van der Waals surface area contributed by atoms with Crippen LogP contribution in [0.1, 0.15) is 5.82 Å². The maximum atomic E-state index is 5.93. The van der Waals surface area contributed by atoms with Gasteiger partial charge in [-0.25, -0.2) is 0 Å². The molecule has 3 aromatic rings. The van der Waals surface area contributed by atoms with Gasteiger partial charge in [-0.3, -0.25) is 0 Å². The average Bonchev–Trinajstić information content (AvgIpc) is 2.97. The Bertz CT molecular complexity index is 752. The molecule has 0 saturated carbocycles. The molecule has 21 heavy (non-hydrogen) atoms. The summed E-state index contributed by atoms with van der Waals surface area (Å²) in [5.74, 6) is 0.635. The van der Waals surface area contributed by atoms with Gasteiger partial charge in [0.2, 0.25) is 0 Å². The molecule has 1 heterocycles. The van der Waals surface area contributed by atoms with Crippen molar-refractivity contribution in [2.24, 2.45) is 0 Å². The first-order valence-corrected chi connectivity index (χ1v) is 6.73. The van der Waals surface area contributed by atoms with Crippen molar-refractivity contribution < 1.29 is 0 Å². The van der Waals surface area contributed by atoms with Crippen LogP contribution in [-0.2, 0) is 0 Å². The number of hydrogen-bond donors (Lipinski definition) is 1. The normalized spacial score (nSPS) is 10.9. The summed E-state index contributed by atoms with van der Waals surface area (Å²) in [7, 11) is 0. The van der Waals surface area contributed by atoms with E-state index in [1.54, 1.807) is 17.0 Å². The van der Waals surface area contributed by atoms with Gasteiger partial charge in [0.1, 0.15) is 0 Å². The number of nitrogens with one attached hydrogen (secondary N) is 1. The molecule has 1 N–H and O–H groups in total. The minimum Gasteiger partial charge on any atom is -0.362 e. The molecule has 5 nitrogen and oxygen atoms in total. The summed E-state index contributed by atoms with van der Waals surface area (Å²) in [6.45, 7) is 0. The number of benzene rings is 2. The Morgan fingerprint density at radius 2 is 1.90 bits per heavy atom. The number of anilines is 1. The van der Waals surface area contributed by atoms with Crippen molar-refractivity contribution in [2.75, 3.05) is 5.32 Å². The zero-order valence-corrected chi connectivity index (χ0v) is 11.8. The molecule has 0 spiro atoms. The molecule has 2 aromatic carbocycles. The highest BCUT2D eigenvalue weighted by atomic mass is 35.5. The Hall–Kier alpha value is -2.66. The SMILES string of the molecule is Clc1cccc(N/C=C/c2nnnn2-c2ccccc2)c1. The van der Waals surface area contributed by atoms with Crippen LogP contribution in [0.2, 0.25) is 5.02 Å². The molecule has 0 bridgehead atoms. The fraction of sp³-hybridized carbons (Fsp3) is 0. The maximum absolute atomic E-state index is 5.93. The molecule has 3 rings (SSSR count). The fourth-order valence-electron chi connectivity index (χ4n) is 1.84. The number of aromatic nitrogens is 4. The van der Waals surface area contributed by atoms with Crippen molar-refractivity contribution in [2.45, 2.75) is 0 Å². The Morgan fingerprint density at radius 1 is 1.05 bits per heavy atom. The van der Waals surface area contributed by atoms with Gasteiger partial charge in [-0.05, 0) is 40.8 Å². The van der Waals surface area contributed by atoms with Crippen molar-refractivity contribution in [3.05, 3.63) is 71.6 Å². The van der Waals surface area contributed by atoms with Crippen molar-refractivity contribution in [1.29, 1.82) is 0 Å². The van der Waals surface area contributed by atoms with Crippen LogP contribution in [0, 0.1) is 0 Å². The molecular formula is C15H12ClN5. The van der Waals surface area contributed by atoms with E-state index in [1.807, 2.05) is 54.6 Å². The van der Waals surface area contributed by atoms with E-state index in [2.05, 4.69) is 20.8 Å². The van der Waals surface area contributed by atoms with Gasteiger partial charge < -0.3 is 5.32 Å². The number of para-hydroxylation sites is 1. The van der Waals surface area contributed by atoms with Gasteiger partial charge >= 0.3 is 0 Å². The van der Waals surface area contributed by atoms with Crippen molar-refractivity contribution in [3.63, 3.8) is 0 Å². The number of halogens is 1. The van der Waals surface area contributed by atoms with Crippen LogP contribution in [0.3, 0.4) is 0 Å². The molecule has 0 amide bonds. The summed E-state index contributed by atoms with van der Waals surface area (Å²) in [5, 5.41) is 15.5. The smallest absolute Gasteiger partial charge is 0.181 e. The first kappa shape index (κ1) is 13.3. The van der Waals surface area contributed by atoms with E-state index in [0.29, 0.717) is 10.8 Å². The lowest BCUT2D eigenvalue weighted by Crippen LogP contribution is -1.99. The van der Waals surface area contributed by atoms with Gasteiger partial charge in [0, 0.05) is 23.0 Å². The van der Waals surface area contributed by atoms with E-state index in [9.17, 15) is 0 Å². The molecule has 104 valence electrons. The van der Waals surface area contributed by atoms with E-state index < -0.39 is 0 Å². The Labute approximate surface area is 126 Å². The predicted octanol–water partition coefficient (Wildman–Crippen LogP) is 3.40. The zero-order valence-electron chi connectivity index (χ0n) is 11.0. The molecule has 0 unspecified atom stereocenters. The van der Waals surface area contributed by atoms with Gasteiger partial charge in [-0.2, -0.15) is 4.68 Å². The second-order valence-corrected chi connectivity index (χ2v) is 4.71. The fourth-order valence-corrected chi connectivity index (χ4v) is 2.03. The third-order valence-corrected chi connectivity index (χ3v) is 3.04. The third-order valence-electron chi connectivity index (χ3n) is 2.80. The standard InChI is InChI=1S/C15H12ClN5/c16-12-5-4-6-13(11-12)17-10-9-15-18-19-20-21(15)14-7-2-1-3-8-14/h1-11,17H/b10-9+. The quantitative estimate of drug-likeness (QED) is 0.802. The third kappa shape index (κ3) is 3.27. The minimum absolute atomic E-state index is 0.635. The Kier molecular flexibility index (Phi) is 3.93. The van der Waals surface area contributed by atoms with E-state index in [0.717, 1.165) is 11.4 Å². The molecule has 6 heteroatoms. The second kappa shape index (κ2) is 6.19. The van der Waals surface area contributed by atoms with Crippen LogP contribution in [0.25, 0.3) is 11.8 Å². The van der Waals surface area contributed by atoms with Gasteiger partial charge in [0.05, 0.1) is 5.69 Å². The van der Waals surface area contributed by atoms with Crippen LogP contribution in [0.15, 0.2) is 60.8 Å². The summed E-state index contributed by atoms with van der Waals surface area (Å²) in [6.07, 6.45) is 3.57. The molecular weight excluding hydrogens is 286 g/mol. The molecule has 1 aromatic heterocycles. The topological polar surface area (TPSA) is 55.6 Å². The van der Waals surface area contributed by atoms with E-state index >= 15 is 0 Å². The highest BCUT2D eigenvalue weighted by Gasteiger charge is 2.03. The molecule has 0 radical (unpaired) electrons. The van der Waals surface area contributed by atoms with Gasteiger partial charge in [-0.1, -0.05) is 35.9 Å². The lowest BCUT2D eigenvalue weighted by atomic mass is 10.3. The van der Waals surface area contributed by atoms with E-state index in [4.69, 9.17) is 11.6 Å². The predicted molar refractivity (Wildman–Crippen MR) is 83.3 cm³/mol. The number of rotatable bonds is 4. The number of nitrogens with zero attached hydrogens (tertiary/aromatic N) is 4. The van der Waals surface area contributed by atoms with Crippen molar-refractivity contribution in [3.8, 4) is 5.69 Å². The highest BCUT2D eigenvalue weighted by Crippen LogP contribution is 2.15. The average molecular weight is 298 g/mol. The van der Waals surface area contributed by atoms with Gasteiger partial charge in [-0.15, -0.1) is 5.10 Å². The van der Waals surface area contributed by atoms with Crippen LogP contribution in [-0.4, -0.2) is 20.2 Å². The number of tetrazole rings is 1. The van der Waals surface area contributed by atoms with Crippen molar-refractivity contribution >= 4 is 23.4 Å². The second-order valence-electron chi connectivity index (χ2n) is 4.27. The van der Waals surface area contributed by atoms with E-state index in [-0.39, 0.29) is 0 Å². The van der Waals surface area contributed by atoms with Crippen LogP contribution >= 0.6 is 11.6 Å². The zero-order chi connectivity index (χ0) is 14.5. The van der Waals surface area contributed by atoms with Crippen molar-refractivity contribution in [1.82, 2.24) is 20.2 Å². The Morgan fingerprint density at radius 3 is 2.71 bits per heavy atom.